The molecule has 0 spiro atoms. The number of ether oxygens (including phenoxy) is 1. The first-order chi connectivity index (χ1) is 10.1. The quantitative estimate of drug-likeness (QED) is 0.417. The highest BCUT2D eigenvalue weighted by molar-refractivity contribution is 5.78. The third-order valence-electron chi connectivity index (χ3n) is 4.07. The number of carboxylic acid groups (broad SMARTS) is 1. The second kappa shape index (κ2) is 7.36. The van der Waals surface area contributed by atoms with Crippen LogP contribution in [-0.2, 0) is 14.3 Å². The average molecular weight is 319 g/mol. The molecule has 0 bridgehead atoms. The molecule has 1 rings (SSSR count). The molecule has 1 aliphatic heterocycles. The maximum absolute atomic E-state index is 11.7. The number of amides is 1. The zero-order chi connectivity index (χ0) is 17.1. The minimum atomic E-state index is -1.60. The van der Waals surface area contributed by atoms with E-state index in [2.05, 4.69) is 5.32 Å². The lowest BCUT2D eigenvalue weighted by Crippen LogP contribution is -2.65. The van der Waals surface area contributed by atoms with Crippen LogP contribution in [0.3, 0.4) is 0 Å². The van der Waals surface area contributed by atoms with Crippen molar-refractivity contribution in [2.75, 3.05) is 6.61 Å². The topological polar surface area (TPSA) is 136 Å². The maximum atomic E-state index is 11.7. The van der Waals surface area contributed by atoms with Gasteiger partial charge >= 0.3 is 5.97 Å². The molecule has 0 aromatic heterocycles. The number of carbonyl (C=O) groups is 2. The van der Waals surface area contributed by atoms with Gasteiger partial charge < -0.3 is 30.5 Å². The molecule has 128 valence electrons. The molecule has 1 fully saturated rings. The van der Waals surface area contributed by atoms with E-state index in [9.17, 15) is 24.9 Å². The van der Waals surface area contributed by atoms with E-state index in [1.54, 1.807) is 13.8 Å². The van der Waals surface area contributed by atoms with Gasteiger partial charge in [0.2, 0.25) is 5.91 Å². The Bertz CT molecular complexity index is 414. The summed E-state index contributed by atoms with van der Waals surface area (Å²) in [7, 11) is 0. The predicted octanol–water partition coefficient (Wildman–Crippen LogP) is -1.14. The standard InChI is InChI=1S/C14H25NO7/c1-7(2)14(13(20)21)5-10(19)12(15-8(3)17)11(22-14)4-9(18)6-16/h7,9-12,16,18-19H,4-6H2,1-3H3,(H,15,17)(H,20,21)/t9-,10?,11+,12?,14-/m0/s1. The molecular weight excluding hydrogens is 294 g/mol. The summed E-state index contributed by atoms with van der Waals surface area (Å²) in [5.74, 6) is -2.03. The third-order valence-corrected chi connectivity index (χ3v) is 4.07. The van der Waals surface area contributed by atoms with Crippen LogP contribution in [0.4, 0.5) is 0 Å². The summed E-state index contributed by atoms with van der Waals surface area (Å²) in [5, 5.41) is 41.0. The maximum Gasteiger partial charge on any atom is 0.336 e. The molecule has 22 heavy (non-hydrogen) atoms. The Morgan fingerprint density at radius 3 is 2.41 bits per heavy atom. The van der Waals surface area contributed by atoms with Gasteiger partial charge in [-0.25, -0.2) is 4.79 Å². The Balaban J connectivity index is 3.10. The van der Waals surface area contributed by atoms with Gasteiger partial charge in [0, 0.05) is 19.8 Å². The van der Waals surface area contributed by atoms with Crippen LogP contribution in [0.15, 0.2) is 0 Å². The Morgan fingerprint density at radius 1 is 1.41 bits per heavy atom. The average Bonchev–Trinajstić information content (AvgIpc) is 2.41. The number of aliphatic hydroxyl groups is 3. The van der Waals surface area contributed by atoms with Gasteiger partial charge in [0.1, 0.15) is 0 Å². The number of nitrogens with one attached hydrogen (secondary N) is 1. The van der Waals surface area contributed by atoms with E-state index in [-0.39, 0.29) is 12.8 Å². The lowest BCUT2D eigenvalue weighted by atomic mass is 9.78. The van der Waals surface area contributed by atoms with Gasteiger partial charge in [-0.05, 0) is 5.92 Å². The van der Waals surface area contributed by atoms with Gasteiger partial charge in [-0.1, -0.05) is 13.8 Å². The van der Waals surface area contributed by atoms with E-state index in [0.717, 1.165) is 0 Å². The van der Waals surface area contributed by atoms with Crippen LogP contribution in [0.2, 0.25) is 0 Å². The second-order valence-corrected chi connectivity index (χ2v) is 6.08. The van der Waals surface area contributed by atoms with E-state index in [4.69, 9.17) is 9.84 Å². The SMILES string of the molecule is CC(=O)NC1C(O)C[C@@](C(=O)O)(C(C)C)O[C@@H]1C[C@H](O)CO. The van der Waals surface area contributed by atoms with Crippen molar-refractivity contribution in [1.29, 1.82) is 0 Å². The molecule has 1 saturated heterocycles. The number of hydrogen-bond acceptors (Lipinski definition) is 6. The first-order valence-corrected chi connectivity index (χ1v) is 7.29. The minimum absolute atomic E-state index is 0.0970. The number of hydrogen-bond donors (Lipinski definition) is 5. The van der Waals surface area contributed by atoms with Crippen molar-refractivity contribution in [3.63, 3.8) is 0 Å². The molecule has 2 unspecified atom stereocenters. The van der Waals surface area contributed by atoms with E-state index in [0.29, 0.717) is 0 Å². The van der Waals surface area contributed by atoms with E-state index >= 15 is 0 Å². The Hall–Kier alpha value is -1.22. The number of rotatable bonds is 6. The molecule has 5 atom stereocenters. The smallest absolute Gasteiger partial charge is 0.336 e. The lowest BCUT2D eigenvalue weighted by Gasteiger charge is -2.47. The minimum Gasteiger partial charge on any atom is -0.479 e. The van der Waals surface area contributed by atoms with Crippen molar-refractivity contribution in [3.8, 4) is 0 Å². The summed E-state index contributed by atoms with van der Waals surface area (Å²) < 4.78 is 5.71. The van der Waals surface area contributed by atoms with E-state index < -0.39 is 54.4 Å². The van der Waals surface area contributed by atoms with Crippen LogP contribution in [0.1, 0.15) is 33.6 Å². The van der Waals surface area contributed by atoms with Gasteiger partial charge in [0.15, 0.2) is 5.60 Å². The van der Waals surface area contributed by atoms with Crippen molar-refractivity contribution < 1.29 is 34.8 Å². The molecule has 8 nitrogen and oxygen atoms in total. The zero-order valence-corrected chi connectivity index (χ0v) is 13.0. The van der Waals surface area contributed by atoms with Crippen molar-refractivity contribution in [2.24, 2.45) is 5.92 Å². The summed E-state index contributed by atoms with van der Waals surface area (Å²) in [5.41, 5.74) is -1.60. The highest BCUT2D eigenvalue weighted by atomic mass is 16.5. The normalized spacial score (nSPS) is 33.5. The molecule has 1 aliphatic rings. The van der Waals surface area contributed by atoms with E-state index in [1.165, 1.54) is 6.92 Å². The fourth-order valence-corrected chi connectivity index (χ4v) is 2.79. The molecule has 1 amide bonds. The number of aliphatic hydroxyl groups excluding tert-OH is 3. The Morgan fingerprint density at radius 2 is 2.00 bits per heavy atom. The number of aliphatic carboxylic acids is 1. The molecule has 5 N–H and O–H groups in total. The van der Waals surface area contributed by atoms with Gasteiger partial charge in [0.25, 0.3) is 0 Å². The van der Waals surface area contributed by atoms with Crippen molar-refractivity contribution in [3.05, 3.63) is 0 Å². The van der Waals surface area contributed by atoms with Gasteiger partial charge in [-0.15, -0.1) is 0 Å². The Labute approximate surface area is 129 Å². The fraction of sp³-hybridized carbons (Fsp3) is 0.857. The van der Waals surface area contributed by atoms with Crippen LogP contribution < -0.4 is 5.32 Å². The highest BCUT2D eigenvalue weighted by Gasteiger charge is 2.53. The van der Waals surface area contributed by atoms with Crippen LogP contribution >= 0.6 is 0 Å². The molecule has 0 aromatic carbocycles. The first kappa shape index (κ1) is 18.8. The summed E-state index contributed by atoms with van der Waals surface area (Å²) in [6, 6.07) is -0.843. The predicted molar refractivity (Wildman–Crippen MR) is 76.0 cm³/mol. The highest BCUT2D eigenvalue weighted by Crippen LogP contribution is 2.37. The second-order valence-electron chi connectivity index (χ2n) is 6.08. The van der Waals surface area contributed by atoms with Crippen molar-refractivity contribution >= 4 is 11.9 Å². The summed E-state index contributed by atoms with van der Waals surface area (Å²) in [6.45, 7) is 4.08. The molecule has 1 heterocycles. The first-order valence-electron chi connectivity index (χ1n) is 7.29. The fourth-order valence-electron chi connectivity index (χ4n) is 2.79. The largest absolute Gasteiger partial charge is 0.479 e. The van der Waals surface area contributed by atoms with Crippen LogP contribution in [0.5, 0.6) is 0 Å². The third kappa shape index (κ3) is 3.95. The number of carboxylic acids is 1. The molecule has 0 aromatic rings. The van der Waals surface area contributed by atoms with Gasteiger partial charge in [0.05, 0.1) is 31.0 Å². The molecule has 0 radical (unpaired) electrons. The van der Waals surface area contributed by atoms with Crippen molar-refractivity contribution in [2.45, 2.75) is 63.6 Å². The molecule has 8 heteroatoms. The van der Waals surface area contributed by atoms with E-state index in [1.807, 2.05) is 0 Å². The number of carbonyl (C=O) groups excluding carboxylic acids is 1. The zero-order valence-electron chi connectivity index (χ0n) is 13.0. The lowest BCUT2D eigenvalue weighted by molar-refractivity contribution is -0.219. The van der Waals surface area contributed by atoms with Crippen LogP contribution in [0, 0.1) is 5.92 Å². The van der Waals surface area contributed by atoms with Crippen LogP contribution in [-0.4, -0.2) is 68.9 Å². The van der Waals surface area contributed by atoms with Gasteiger partial charge in [-0.3, -0.25) is 4.79 Å². The van der Waals surface area contributed by atoms with Crippen molar-refractivity contribution in [1.82, 2.24) is 5.32 Å². The summed E-state index contributed by atoms with van der Waals surface area (Å²) in [6.07, 6.45) is -3.46. The summed E-state index contributed by atoms with van der Waals surface area (Å²) in [4.78, 5) is 22.9. The molecule has 0 saturated carbocycles. The van der Waals surface area contributed by atoms with Gasteiger partial charge in [-0.2, -0.15) is 0 Å². The van der Waals surface area contributed by atoms with Crippen LogP contribution in [0.25, 0.3) is 0 Å². The monoisotopic (exact) mass is 319 g/mol. The summed E-state index contributed by atoms with van der Waals surface area (Å²) >= 11 is 0. The molecular formula is C14H25NO7. The Kier molecular flexibility index (Phi) is 6.30. The molecule has 0 aliphatic carbocycles.